The van der Waals surface area contributed by atoms with E-state index in [9.17, 15) is 51.8 Å². The van der Waals surface area contributed by atoms with E-state index in [0.29, 0.717) is 0 Å². The third-order valence-corrected chi connectivity index (χ3v) is 2.83. The van der Waals surface area contributed by atoms with Crippen LogP contribution in [0.25, 0.3) is 0 Å². The fraction of sp³-hybridized carbons (Fsp3) is 0.500. The van der Waals surface area contributed by atoms with Crippen molar-refractivity contribution in [3.8, 4) is 0 Å². The van der Waals surface area contributed by atoms with Crippen molar-refractivity contribution in [2.75, 3.05) is 0 Å². The number of rotatable bonds is 4. The summed E-state index contributed by atoms with van der Waals surface area (Å²) in [5, 5.41) is -12.1. The molecular formula is C4F6O7S2. The van der Waals surface area contributed by atoms with Gasteiger partial charge in [0.25, 0.3) is 0 Å². The standard InChI is InChI=1S/C4F6O7S2/c5-3(6,18(9,13)14)1(11)17-2(12)4(7,8)19(10,15)16. The number of carbonyl (C=O) groups is 2. The third-order valence-electron chi connectivity index (χ3n) is 1.27. The SMILES string of the molecule is O=C(OC(=O)C(F)(F)S(=O)(=O)F)C(F)(F)S(=O)(=O)F. The van der Waals surface area contributed by atoms with Gasteiger partial charge in [-0.2, -0.15) is 34.4 Å². The summed E-state index contributed by atoms with van der Waals surface area (Å²) >= 11 is 0. The maximum atomic E-state index is 12.3. The molecular weight excluding hydrogens is 338 g/mol. The monoisotopic (exact) mass is 338 g/mol. The van der Waals surface area contributed by atoms with E-state index >= 15 is 0 Å². The van der Waals surface area contributed by atoms with Crippen molar-refractivity contribution in [1.82, 2.24) is 0 Å². The van der Waals surface area contributed by atoms with Gasteiger partial charge in [0.15, 0.2) is 0 Å². The summed E-state index contributed by atoms with van der Waals surface area (Å²) < 4.78 is 114. The molecule has 0 saturated carbocycles. The van der Waals surface area contributed by atoms with Crippen molar-refractivity contribution in [3.05, 3.63) is 0 Å². The van der Waals surface area contributed by atoms with E-state index in [0.717, 1.165) is 0 Å². The Morgan fingerprint density at radius 2 is 0.947 bits per heavy atom. The first-order valence-corrected chi connectivity index (χ1v) is 6.22. The second-order valence-electron chi connectivity index (χ2n) is 2.59. The number of hydrogen-bond acceptors (Lipinski definition) is 7. The molecule has 0 N–H and O–H groups in total. The molecule has 0 bridgehead atoms. The highest BCUT2D eigenvalue weighted by Gasteiger charge is 2.61. The van der Waals surface area contributed by atoms with Gasteiger partial charge in [0, 0.05) is 0 Å². The molecule has 0 heterocycles. The zero-order chi connectivity index (χ0) is 15.9. The van der Waals surface area contributed by atoms with Crippen molar-refractivity contribution < 1.29 is 56.5 Å². The minimum absolute atomic E-state index is 2.42. The van der Waals surface area contributed by atoms with Gasteiger partial charge in [-0.05, 0) is 0 Å². The van der Waals surface area contributed by atoms with Gasteiger partial charge in [-0.15, -0.1) is 0 Å². The summed E-state index contributed by atoms with van der Waals surface area (Å²) in [6.07, 6.45) is 0. The Balaban J connectivity index is 5.33. The first-order chi connectivity index (χ1) is 8.05. The number of ether oxygens (including phenoxy) is 1. The first-order valence-electron chi connectivity index (χ1n) is 3.46. The highest BCUT2D eigenvalue weighted by atomic mass is 32.3. The molecule has 0 aliphatic heterocycles. The molecule has 19 heavy (non-hydrogen) atoms. The van der Waals surface area contributed by atoms with Crippen LogP contribution in [-0.4, -0.2) is 39.3 Å². The van der Waals surface area contributed by atoms with Gasteiger partial charge in [0.05, 0.1) is 0 Å². The lowest BCUT2D eigenvalue weighted by Gasteiger charge is -2.12. The van der Waals surface area contributed by atoms with Crippen LogP contribution in [0.2, 0.25) is 0 Å². The molecule has 0 aliphatic rings. The maximum Gasteiger partial charge on any atom is 0.470 e. The summed E-state index contributed by atoms with van der Waals surface area (Å²) in [6, 6.07) is 0. The summed E-state index contributed by atoms with van der Waals surface area (Å²) in [4.78, 5) is 20.5. The smallest absolute Gasteiger partial charge is 0.382 e. The number of esters is 2. The molecule has 7 nitrogen and oxygen atoms in total. The Morgan fingerprint density at radius 3 is 1.11 bits per heavy atom. The largest absolute Gasteiger partial charge is 0.470 e. The topological polar surface area (TPSA) is 112 Å². The number of alkyl halides is 4. The molecule has 0 radical (unpaired) electrons. The molecule has 0 aliphatic carbocycles. The van der Waals surface area contributed by atoms with Gasteiger partial charge in [-0.3, -0.25) is 0 Å². The van der Waals surface area contributed by atoms with E-state index in [2.05, 4.69) is 4.74 Å². The van der Waals surface area contributed by atoms with E-state index in [1.807, 2.05) is 0 Å². The Bertz CT molecular complexity index is 549. The highest BCUT2D eigenvalue weighted by molar-refractivity contribution is 7.88. The minimum Gasteiger partial charge on any atom is -0.382 e. The van der Waals surface area contributed by atoms with Crippen LogP contribution >= 0.6 is 0 Å². The minimum atomic E-state index is -6.98. The lowest BCUT2D eigenvalue weighted by atomic mass is 10.6. The van der Waals surface area contributed by atoms with Crippen LogP contribution < -0.4 is 0 Å². The molecule has 0 atom stereocenters. The van der Waals surface area contributed by atoms with Crippen molar-refractivity contribution in [2.45, 2.75) is 10.5 Å². The van der Waals surface area contributed by atoms with Crippen LogP contribution in [0.15, 0.2) is 0 Å². The van der Waals surface area contributed by atoms with Gasteiger partial charge in [-0.25, -0.2) is 9.59 Å². The van der Waals surface area contributed by atoms with Crippen LogP contribution in [0.3, 0.4) is 0 Å². The van der Waals surface area contributed by atoms with E-state index in [-0.39, 0.29) is 0 Å². The number of hydrogen-bond donors (Lipinski definition) is 0. The van der Waals surface area contributed by atoms with E-state index in [4.69, 9.17) is 0 Å². The average Bonchev–Trinajstić information content (AvgIpc) is 2.13. The van der Waals surface area contributed by atoms with E-state index in [1.165, 1.54) is 0 Å². The third kappa shape index (κ3) is 3.34. The second kappa shape index (κ2) is 4.62. The fourth-order valence-corrected chi connectivity index (χ4v) is 0.884. The predicted octanol–water partition coefficient (Wildman–Crippen LogP) is -0.160. The van der Waals surface area contributed by atoms with Gasteiger partial charge < -0.3 is 4.74 Å². The molecule has 0 aromatic heterocycles. The fourth-order valence-electron chi connectivity index (χ4n) is 0.402. The van der Waals surface area contributed by atoms with Gasteiger partial charge in [0.2, 0.25) is 0 Å². The first kappa shape index (κ1) is 17.6. The van der Waals surface area contributed by atoms with Gasteiger partial charge >= 0.3 is 42.9 Å². The molecule has 0 fully saturated rings. The second-order valence-corrected chi connectivity index (χ2v) is 5.36. The molecule has 0 aromatic carbocycles. The van der Waals surface area contributed by atoms with Crippen LogP contribution in [0, 0.1) is 0 Å². The zero-order valence-electron chi connectivity index (χ0n) is 7.94. The highest BCUT2D eigenvalue weighted by Crippen LogP contribution is 2.29. The van der Waals surface area contributed by atoms with Crippen LogP contribution in [0.1, 0.15) is 0 Å². The van der Waals surface area contributed by atoms with Crippen LogP contribution in [0.4, 0.5) is 25.3 Å². The molecule has 0 unspecified atom stereocenters. The summed E-state index contributed by atoms with van der Waals surface area (Å²) in [7, 11) is -14.0. The Morgan fingerprint density at radius 1 is 0.737 bits per heavy atom. The normalized spacial score (nSPS) is 14.0. The van der Waals surface area contributed by atoms with E-state index < -0.39 is 42.9 Å². The summed E-state index contributed by atoms with van der Waals surface area (Å²) in [6.45, 7) is 0. The van der Waals surface area contributed by atoms with Crippen molar-refractivity contribution in [1.29, 1.82) is 0 Å². The number of halogens is 6. The Labute approximate surface area is 100 Å². The van der Waals surface area contributed by atoms with Crippen LogP contribution in [-0.2, 0) is 34.8 Å². The molecule has 112 valence electrons. The van der Waals surface area contributed by atoms with Gasteiger partial charge in [0.1, 0.15) is 0 Å². The summed E-state index contributed by atoms with van der Waals surface area (Å²) in [5.41, 5.74) is 0. The molecule has 15 heteroatoms. The Hall–Kier alpha value is -1.38. The molecule has 0 aromatic rings. The molecule has 0 spiro atoms. The van der Waals surface area contributed by atoms with Crippen molar-refractivity contribution in [2.24, 2.45) is 0 Å². The van der Waals surface area contributed by atoms with E-state index in [1.54, 1.807) is 0 Å². The summed E-state index contributed by atoms with van der Waals surface area (Å²) in [5.74, 6) is -7.33. The zero-order valence-corrected chi connectivity index (χ0v) is 9.58. The molecule has 0 amide bonds. The average molecular weight is 338 g/mol. The molecule has 0 rings (SSSR count). The van der Waals surface area contributed by atoms with Crippen molar-refractivity contribution in [3.63, 3.8) is 0 Å². The van der Waals surface area contributed by atoms with Crippen molar-refractivity contribution >= 4 is 32.4 Å². The lowest BCUT2D eigenvalue weighted by Crippen LogP contribution is -2.44. The number of carbonyl (C=O) groups excluding carboxylic acids is 2. The maximum absolute atomic E-state index is 12.3. The van der Waals surface area contributed by atoms with Gasteiger partial charge in [-0.1, -0.05) is 7.77 Å². The quantitative estimate of drug-likeness (QED) is 0.303. The molecule has 0 saturated heterocycles. The van der Waals surface area contributed by atoms with Crippen LogP contribution in [0.5, 0.6) is 0 Å². The predicted molar refractivity (Wildman–Crippen MR) is 41.0 cm³/mol. The lowest BCUT2D eigenvalue weighted by molar-refractivity contribution is -0.180. The Kier molecular flexibility index (Phi) is 4.29.